The van der Waals surface area contributed by atoms with Crippen LogP contribution in [0.15, 0.2) is 23.1 Å². The van der Waals surface area contributed by atoms with Crippen LogP contribution in [0.25, 0.3) is 0 Å². The third-order valence-electron chi connectivity index (χ3n) is 4.95. The molecule has 0 spiro atoms. The van der Waals surface area contributed by atoms with Crippen molar-refractivity contribution in [3.63, 3.8) is 0 Å². The van der Waals surface area contributed by atoms with Gasteiger partial charge in [-0.3, -0.25) is 14.9 Å². The molecule has 1 aromatic carbocycles. The maximum absolute atomic E-state index is 12.2. The Morgan fingerprint density at radius 1 is 1.25 bits per heavy atom. The van der Waals surface area contributed by atoms with Crippen LogP contribution >= 0.6 is 12.4 Å². The molecule has 3 rings (SSSR count). The summed E-state index contributed by atoms with van der Waals surface area (Å²) in [5.74, 6) is 0.752. The van der Waals surface area contributed by atoms with Crippen LogP contribution in [0, 0.1) is 16.0 Å². The second kappa shape index (κ2) is 9.06. The number of piperazine rings is 1. The predicted molar refractivity (Wildman–Crippen MR) is 108 cm³/mol. The number of rotatable bonds is 7. The molecule has 1 saturated carbocycles. The lowest BCUT2D eigenvalue weighted by Crippen LogP contribution is -2.51. The molecule has 1 aliphatic carbocycles. The van der Waals surface area contributed by atoms with Crippen LogP contribution < -0.4 is 10.2 Å². The average Bonchev–Trinajstić information content (AvgIpc) is 3.45. The molecule has 1 saturated heterocycles. The maximum atomic E-state index is 12.2. The van der Waals surface area contributed by atoms with Crippen LogP contribution in [0.5, 0.6) is 0 Å². The Morgan fingerprint density at radius 3 is 2.43 bits per heavy atom. The number of nitro benzene ring substituents is 1. The van der Waals surface area contributed by atoms with Gasteiger partial charge in [-0.05, 0) is 37.4 Å². The highest BCUT2D eigenvalue weighted by Gasteiger charge is 2.27. The molecule has 11 heteroatoms. The van der Waals surface area contributed by atoms with Crippen LogP contribution in [0.3, 0.4) is 0 Å². The second-order valence-electron chi connectivity index (χ2n) is 7.12. The lowest BCUT2D eigenvalue weighted by atomic mass is 10.2. The van der Waals surface area contributed by atoms with Gasteiger partial charge in [-0.15, -0.1) is 12.4 Å². The fourth-order valence-electron chi connectivity index (χ4n) is 3.16. The summed E-state index contributed by atoms with van der Waals surface area (Å²) in [5, 5.41) is 14.6. The molecular weight excluding hydrogens is 408 g/mol. The first-order chi connectivity index (χ1) is 12.8. The smallest absolute Gasteiger partial charge is 0.293 e. The molecule has 0 unspecified atom stereocenters. The van der Waals surface area contributed by atoms with E-state index in [0.29, 0.717) is 44.3 Å². The Labute approximate surface area is 170 Å². The van der Waals surface area contributed by atoms with Gasteiger partial charge in [-0.25, -0.2) is 8.42 Å². The van der Waals surface area contributed by atoms with Crippen molar-refractivity contribution in [1.29, 1.82) is 0 Å². The highest BCUT2D eigenvalue weighted by Crippen LogP contribution is 2.31. The summed E-state index contributed by atoms with van der Waals surface area (Å²) in [7, 11) is -3.52. The van der Waals surface area contributed by atoms with Crippen molar-refractivity contribution in [3.05, 3.63) is 28.3 Å². The Morgan fingerprint density at radius 2 is 1.89 bits per heavy atom. The SMILES string of the molecule is CS(=O)(=O)c1ccc(N2CCN(C(=O)CNCC3CC3)CC2)c([N+](=O)[O-])c1.Cl. The van der Waals surface area contributed by atoms with Crippen LogP contribution in [-0.2, 0) is 14.6 Å². The summed E-state index contributed by atoms with van der Waals surface area (Å²) in [5.41, 5.74) is 0.148. The minimum atomic E-state index is -3.52. The Balaban J connectivity index is 0.00000280. The number of halogens is 1. The third-order valence-corrected chi connectivity index (χ3v) is 6.06. The molecule has 0 radical (unpaired) electrons. The van der Waals surface area contributed by atoms with E-state index in [1.165, 1.54) is 25.0 Å². The quantitative estimate of drug-likeness (QED) is 0.506. The van der Waals surface area contributed by atoms with Gasteiger partial charge in [0.2, 0.25) is 5.91 Å². The lowest BCUT2D eigenvalue weighted by molar-refractivity contribution is -0.384. The largest absolute Gasteiger partial charge is 0.362 e. The van der Waals surface area contributed by atoms with E-state index in [2.05, 4.69) is 5.32 Å². The summed E-state index contributed by atoms with van der Waals surface area (Å²) in [6, 6.07) is 3.96. The van der Waals surface area contributed by atoms with Gasteiger partial charge in [0.25, 0.3) is 5.69 Å². The van der Waals surface area contributed by atoms with E-state index in [1.807, 2.05) is 4.90 Å². The normalized spacial score (nSPS) is 17.2. The van der Waals surface area contributed by atoms with Crippen molar-refractivity contribution >= 4 is 39.5 Å². The Kier molecular flexibility index (Phi) is 7.24. The number of nitro groups is 1. The van der Waals surface area contributed by atoms with E-state index in [1.54, 1.807) is 4.90 Å². The molecule has 28 heavy (non-hydrogen) atoms. The van der Waals surface area contributed by atoms with Crippen molar-refractivity contribution < 1.29 is 18.1 Å². The van der Waals surface area contributed by atoms with Gasteiger partial charge in [-0.1, -0.05) is 0 Å². The molecular formula is C17H25ClN4O5S. The number of amides is 1. The van der Waals surface area contributed by atoms with Gasteiger partial charge in [0.1, 0.15) is 5.69 Å². The second-order valence-corrected chi connectivity index (χ2v) is 9.14. The number of nitrogens with one attached hydrogen (secondary N) is 1. The van der Waals surface area contributed by atoms with Crippen molar-refractivity contribution in [2.45, 2.75) is 17.7 Å². The van der Waals surface area contributed by atoms with Crippen molar-refractivity contribution in [1.82, 2.24) is 10.2 Å². The number of hydrogen-bond donors (Lipinski definition) is 1. The van der Waals surface area contributed by atoms with E-state index < -0.39 is 14.8 Å². The molecule has 1 aliphatic heterocycles. The Hall–Kier alpha value is -1.91. The summed E-state index contributed by atoms with van der Waals surface area (Å²) < 4.78 is 23.3. The fraction of sp³-hybridized carbons (Fsp3) is 0.588. The number of carbonyl (C=O) groups is 1. The van der Waals surface area contributed by atoms with Gasteiger partial charge in [0.05, 0.1) is 16.4 Å². The van der Waals surface area contributed by atoms with Gasteiger partial charge >= 0.3 is 0 Å². The first kappa shape index (κ1) is 22.4. The van der Waals surface area contributed by atoms with Crippen LogP contribution in [0.2, 0.25) is 0 Å². The summed E-state index contributed by atoms with van der Waals surface area (Å²) in [4.78, 5) is 26.6. The zero-order valence-electron chi connectivity index (χ0n) is 15.7. The molecule has 0 bridgehead atoms. The molecule has 1 heterocycles. The number of hydrogen-bond acceptors (Lipinski definition) is 7. The first-order valence-corrected chi connectivity index (χ1v) is 10.9. The molecule has 1 amide bonds. The van der Waals surface area contributed by atoms with Crippen LogP contribution in [0.1, 0.15) is 12.8 Å². The van der Waals surface area contributed by atoms with E-state index in [9.17, 15) is 23.3 Å². The third kappa shape index (κ3) is 5.55. The van der Waals surface area contributed by atoms with Crippen molar-refractivity contribution in [2.24, 2.45) is 5.92 Å². The van der Waals surface area contributed by atoms with E-state index in [0.717, 1.165) is 18.9 Å². The average molecular weight is 433 g/mol. The standard InChI is InChI=1S/C17H24N4O5S.ClH/c1-27(25,26)14-4-5-15(16(10-14)21(23)24)19-6-8-20(9-7-19)17(22)12-18-11-13-2-3-13;/h4-5,10,13,18H,2-3,6-9,11-12H2,1H3;1H. The molecule has 1 N–H and O–H groups in total. The molecule has 2 fully saturated rings. The topological polar surface area (TPSA) is 113 Å². The molecule has 0 atom stereocenters. The predicted octanol–water partition coefficient (Wildman–Crippen LogP) is 1.07. The number of carbonyl (C=O) groups excluding carboxylic acids is 1. The van der Waals surface area contributed by atoms with Gasteiger partial charge in [0.15, 0.2) is 9.84 Å². The van der Waals surface area contributed by atoms with Crippen LogP contribution in [0.4, 0.5) is 11.4 Å². The van der Waals surface area contributed by atoms with E-state index in [4.69, 9.17) is 0 Å². The molecule has 2 aliphatic rings. The molecule has 1 aromatic rings. The minimum Gasteiger partial charge on any atom is -0.362 e. The molecule has 156 valence electrons. The maximum Gasteiger partial charge on any atom is 0.293 e. The zero-order valence-corrected chi connectivity index (χ0v) is 17.3. The van der Waals surface area contributed by atoms with Crippen molar-refractivity contribution in [3.8, 4) is 0 Å². The zero-order chi connectivity index (χ0) is 19.6. The Bertz CT molecular complexity index is 836. The highest BCUT2D eigenvalue weighted by molar-refractivity contribution is 7.90. The number of sulfone groups is 1. The summed E-state index contributed by atoms with van der Waals surface area (Å²) in [6.07, 6.45) is 3.49. The fourth-order valence-corrected chi connectivity index (χ4v) is 3.80. The van der Waals surface area contributed by atoms with E-state index >= 15 is 0 Å². The monoisotopic (exact) mass is 432 g/mol. The van der Waals surface area contributed by atoms with Gasteiger partial charge < -0.3 is 15.1 Å². The van der Waals surface area contributed by atoms with Gasteiger partial charge in [0, 0.05) is 38.5 Å². The first-order valence-electron chi connectivity index (χ1n) is 8.97. The van der Waals surface area contributed by atoms with Crippen molar-refractivity contribution in [2.75, 3.05) is 50.4 Å². The van der Waals surface area contributed by atoms with Crippen LogP contribution in [-0.4, -0.2) is 69.7 Å². The summed E-state index contributed by atoms with van der Waals surface area (Å²) >= 11 is 0. The van der Waals surface area contributed by atoms with E-state index in [-0.39, 0.29) is 28.9 Å². The minimum absolute atomic E-state index is 0. The summed E-state index contributed by atoms with van der Waals surface area (Å²) in [6.45, 7) is 3.09. The number of nitrogens with zero attached hydrogens (tertiary/aromatic N) is 3. The molecule has 0 aromatic heterocycles. The highest BCUT2D eigenvalue weighted by atomic mass is 35.5. The lowest BCUT2D eigenvalue weighted by Gasteiger charge is -2.36. The number of benzene rings is 1. The molecule has 9 nitrogen and oxygen atoms in total. The number of anilines is 1. The van der Waals surface area contributed by atoms with Gasteiger partial charge in [-0.2, -0.15) is 0 Å².